The van der Waals surface area contributed by atoms with E-state index >= 15 is 0 Å². The molecular formula is C16H25N3O2. The first-order valence-corrected chi connectivity index (χ1v) is 7.61. The Morgan fingerprint density at radius 2 is 1.81 bits per heavy atom. The molecule has 116 valence electrons. The van der Waals surface area contributed by atoms with Crippen molar-refractivity contribution in [2.45, 2.75) is 25.7 Å². The molecule has 1 aromatic carbocycles. The summed E-state index contributed by atoms with van der Waals surface area (Å²) in [6.07, 6.45) is 4.60. The quantitative estimate of drug-likeness (QED) is 0.496. The van der Waals surface area contributed by atoms with Gasteiger partial charge >= 0.3 is 0 Å². The predicted molar refractivity (Wildman–Crippen MR) is 85.0 cm³/mol. The lowest BCUT2D eigenvalue weighted by Gasteiger charge is -2.27. The number of guanidine groups is 1. The van der Waals surface area contributed by atoms with Crippen LogP contribution in [0.3, 0.4) is 0 Å². The molecule has 1 aromatic rings. The summed E-state index contributed by atoms with van der Waals surface area (Å²) < 4.78 is 10.8. The van der Waals surface area contributed by atoms with Gasteiger partial charge in [0.25, 0.3) is 0 Å². The molecule has 1 fully saturated rings. The number of ether oxygens (including phenoxy) is 2. The molecule has 21 heavy (non-hydrogen) atoms. The number of piperidine rings is 1. The third kappa shape index (κ3) is 5.17. The molecule has 1 heterocycles. The van der Waals surface area contributed by atoms with Crippen molar-refractivity contribution < 1.29 is 9.47 Å². The molecule has 0 radical (unpaired) electrons. The van der Waals surface area contributed by atoms with Gasteiger partial charge in [0.15, 0.2) is 5.96 Å². The van der Waals surface area contributed by atoms with Gasteiger partial charge < -0.3 is 20.1 Å². The SMILES string of the molecule is COc1ccc(OCCCN=C(N)N2CCCCC2)cc1. The van der Waals surface area contributed by atoms with Gasteiger partial charge in [-0.3, -0.25) is 4.99 Å². The largest absolute Gasteiger partial charge is 0.497 e. The summed E-state index contributed by atoms with van der Waals surface area (Å²) in [6, 6.07) is 7.60. The van der Waals surface area contributed by atoms with Crippen LogP contribution in [0.25, 0.3) is 0 Å². The Morgan fingerprint density at radius 1 is 1.14 bits per heavy atom. The van der Waals surface area contributed by atoms with Gasteiger partial charge in [0.2, 0.25) is 0 Å². The molecule has 0 saturated carbocycles. The lowest BCUT2D eigenvalue weighted by molar-refractivity contribution is 0.311. The average molecular weight is 291 g/mol. The van der Waals surface area contributed by atoms with Crippen LogP contribution < -0.4 is 15.2 Å². The van der Waals surface area contributed by atoms with E-state index in [4.69, 9.17) is 15.2 Å². The van der Waals surface area contributed by atoms with Gasteiger partial charge in [-0.2, -0.15) is 0 Å². The Balaban J connectivity index is 1.64. The van der Waals surface area contributed by atoms with E-state index in [9.17, 15) is 0 Å². The number of nitrogens with zero attached hydrogens (tertiary/aromatic N) is 2. The third-order valence-corrected chi connectivity index (χ3v) is 3.58. The highest BCUT2D eigenvalue weighted by atomic mass is 16.5. The van der Waals surface area contributed by atoms with E-state index in [0.29, 0.717) is 19.1 Å². The van der Waals surface area contributed by atoms with Gasteiger partial charge in [0, 0.05) is 26.1 Å². The molecule has 1 saturated heterocycles. The van der Waals surface area contributed by atoms with Gasteiger partial charge in [-0.15, -0.1) is 0 Å². The molecule has 0 amide bonds. The van der Waals surface area contributed by atoms with Crippen LogP contribution in [0.2, 0.25) is 0 Å². The molecule has 0 unspecified atom stereocenters. The lowest BCUT2D eigenvalue weighted by atomic mass is 10.1. The maximum atomic E-state index is 5.99. The van der Waals surface area contributed by atoms with E-state index < -0.39 is 0 Å². The summed E-state index contributed by atoms with van der Waals surface area (Å²) >= 11 is 0. The number of hydrogen-bond donors (Lipinski definition) is 1. The predicted octanol–water partition coefficient (Wildman–Crippen LogP) is 2.26. The van der Waals surface area contributed by atoms with Crippen molar-refractivity contribution in [3.63, 3.8) is 0 Å². The number of rotatable bonds is 6. The molecule has 2 rings (SSSR count). The number of benzene rings is 1. The molecule has 0 bridgehead atoms. The molecule has 5 nitrogen and oxygen atoms in total. The van der Waals surface area contributed by atoms with Crippen LogP contribution in [0.5, 0.6) is 11.5 Å². The van der Waals surface area contributed by atoms with Crippen LogP contribution in [0.4, 0.5) is 0 Å². The smallest absolute Gasteiger partial charge is 0.191 e. The summed E-state index contributed by atoms with van der Waals surface area (Å²) in [5.74, 6) is 2.36. The molecule has 5 heteroatoms. The summed E-state index contributed by atoms with van der Waals surface area (Å²) in [5, 5.41) is 0. The fourth-order valence-electron chi connectivity index (χ4n) is 2.34. The highest BCUT2D eigenvalue weighted by molar-refractivity contribution is 5.78. The van der Waals surface area contributed by atoms with Crippen molar-refractivity contribution in [1.29, 1.82) is 0 Å². The zero-order valence-corrected chi connectivity index (χ0v) is 12.8. The van der Waals surface area contributed by atoms with Crippen LogP contribution in [-0.4, -0.2) is 44.2 Å². The minimum atomic E-state index is 0.642. The molecule has 1 aliphatic heterocycles. The van der Waals surface area contributed by atoms with Crippen LogP contribution >= 0.6 is 0 Å². The van der Waals surface area contributed by atoms with Gasteiger partial charge in [0.05, 0.1) is 13.7 Å². The second kappa shape index (κ2) is 8.39. The normalized spacial score (nSPS) is 15.9. The van der Waals surface area contributed by atoms with Crippen LogP contribution in [0.15, 0.2) is 29.3 Å². The van der Waals surface area contributed by atoms with Crippen molar-refractivity contribution in [1.82, 2.24) is 4.90 Å². The van der Waals surface area contributed by atoms with Gasteiger partial charge in [-0.1, -0.05) is 0 Å². The van der Waals surface area contributed by atoms with E-state index in [1.807, 2.05) is 24.3 Å². The van der Waals surface area contributed by atoms with E-state index in [-0.39, 0.29) is 0 Å². The topological polar surface area (TPSA) is 60.1 Å². The summed E-state index contributed by atoms with van der Waals surface area (Å²) in [6.45, 7) is 3.43. The van der Waals surface area contributed by atoms with Crippen molar-refractivity contribution in [3.8, 4) is 11.5 Å². The number of nitrogens with two attached hydrogens (primary N) is 1. The molecule has 0 spiro atoms. The second-order valence-corrected chi connectivity index (χ2v) is 5.17. The van der Waals surface area contributed by atoms with Crippen molar-refractivity contribution in [2.24, 2.45) is 10.7 Å². The van der Waals surface area contributed by atoms with Crippen LogP contribution in [0.1, 0.15) is 25.7 Å². The number of hydrogen-bond acceptors (Lipinski definition) is 3. The first-order valence-electron chi connectivity index (χ1n) is 7.61. The standard InChI is InChI=1S/C16H25N3O2/c1-20-14-6-8-15(9-7-14)21-13-5-10-18-16(17)19-11-3-2-4-12-19/h6-9H,2-5,10-13H2,1H3,(H2,17,18). The summed E-state index contributed by atoms with van der Waals surface area (Å²) in [7, 11) is 1.65. The highest BCUT2D eigenvalue weighted by Crippen LogP contribution is 2.17. The fourth-order valence-corrected chi connectivity index (χ4v) is 2.34. The Bertz CT molecular complexity index is 439. The number of aliphatic imine (C=N–C) groups is 1. The third-order valence-electron chi connectivity index (χ3n) is 3.58. The van der Waals surface area contributed by atoms with Crippen LogP contribution in [0, 0.1) is 0 Å². The molecule has 2 N–H and O–H groups in total. The lowest BCUT2D eigenvalue weighted by Crippen LogP contribution is -2.40. The summed E-state index contributed by atoms with van der Waals surface area (Å²) in [5.41, 5.74) is 5.99. The van der Waals surface area contributed by atoms with E-state index in [0.717, 1.165) is 31.0 Å². The average Bonchev–Trinajstić information content (AvgIpc) is 2.55. The van der Waals surface area contributed by atoms with E-state index in [1.54, 1.807) is 7.11 Å². The molecular weight excluding hydrogens is 266 g/mol. The fraction of sp³-hybridized carbons (Fsp3) is 0.562. The van der Waals surface area contributed by atoms with E-state index in [2.05, 4.69) is 9.89 Å². The molecule has 0 atom stereocenters. The first kappa shape index (κ1) is 15.5. The zero-order valence-electron chi connectivity index (χ0n) is 12.8. The van der Waals surface area contributed by atoms with Crippen molar-refractivity contribution in [2.75, 3.05) is 33.4 Å². The minimum absolute atomic E-state index is 0.642. The van der Waals surface area contributed by atoms with Gasteiger partial charge in [0.1, 0.15) is 11.5 Å². The van der Waals surface area contributed by atoms with Crippen molar-refractivity contribution >= 4 is 5.96 Å². The summed E-state index contributed by atoms with van der Waals surface area (Å²) in [4.78, 5) is 6.60. The Morgan fingerprint density at radius 3 is 2.48 bits per heavy atom. The van der Waals surface area contributed by atoms with Gasteiger partial charge in [-0.25, -0.2) is 0 Å². The molecule has 1 aliphatic rings. The number of likely N-dealkylation sites (tertiary alicyclic amines) is 1. The number of methoxy groups -OCH3 is 1. The Labute approximate surface area is 126 Å². The molecule has 0 aliphatic carbocycles. The first-order chi connectivity index (χ1) is 10.3. The Hall–Kier alpha value is -1.91. The van der Waals surface area contributed by atoms with Crippen LogP contribution in [-0.2, 0) is 0 Å². The maximum absolute atomic E-state index is 5.99. The minimum Gasteiger partial charge on any atom is -0.497 e. The van der Waals surface area contributed by atoms with Gasteiger partial charge in [-0.05, 0) is 43.5 Å². The zero-order chi connectivity index (χ0) is 14.9. The monoisotopic (exact) mass is 291 g/mol. The van der Waals surface area contributed by atoms with E-state index in [1.165, 1.54) is 19.3 Å². The van der Waals surface area contributed by atoms with Crippen molar-refractivity contribution in [3.05, 3.63) is 24.3 Å². The molecule has 0 aromatic heterocycles. The highest BCUT2D eigenvalue weighted by Gasteiger charge is 2.11. The Kier molecular flexibility index (Phi) is 6.19. The maximum Gasteiger partial charge on any atom is 0.191 e. The second-order valence-electron chi connectivity index (χ2n) is 5.17.